The second-order valence-corrected chi connectivity index (χ2v) is 8.28. The van der Waals surface area contributed by atoms with Gasteiger partial charge in [0.15, 0.2) is 11.5 Å². The lowest BCUT2D eigenvalue weighted by molar-refractivity contribution is -0.131. The van der Waals surface area contributed by atoms with E-state index in [1.807, 2.05) is 0 Å². The van der Waals surface area contributed by atoms with E-state index in [-0.39, 0.29) is 22.8 Å². The Morgan fingerprint density at radius 1 is 0.829 bits per heavy atom. The molecule has 212 valence electrons. The van der Waals surface area contributed by atoms with E-state index in [4.69, 9.17) is 18.9 Å². The smallest absolute Gasteiger partial charge is 0.338 e. The second-order valence-electron chi connectivity index (χ2n) is 8.28. The average Bonchev–Trinajstić information content (AvgIpc) is 2.97. The zero-order valence-electron chi connectivity index (χ0n) is 22.7. The highest BCUT2D eigenvalue weighted by molar-refractivity contribution is 5.89. The predicted molar refractivity (Wildman–Crippen MR) is 151 cm³/mol. The lowest BCUT2D eigenvalue weighted by Crippen LogP contribution is -2.09. The molecule has 3 aromatic carbocycles. The van der Waals surface area contributed by atoms with E-state index in [9.17, 15) is 23.6 Å². The Kier molecular flexibility index (Phi) is 12.4. The SMILES string of the molecule is C=C(C)C(=O)Oc1ccc(-c2ccc(OC)cc2)c(F)c1.C=CC(=O)Oc1ccc(CCC=O)cc1OC(=O)C=C. The predicted octanol–water partition coefficient (Wildman–Crippen LogP) is 5.98. The highest BCUT2D eigenvalue weighted by atomic mass is 19.1. The zero-order chi connectivity index (χ0) is 30.4. The van der Waals surface area contributed by atoms with Gasteiger partial charge in [-0.25, -0.2) is 18.8 Å². The number of hydrogen-bond acceptors (Lipinski definition) is 8. The van der Waals surface area contributed by atoms with E-state index >= 15 is 0 Å². The fourth-order valence-electron chi connectivity index (χ4n) is 3.16. The molecule has 41 heavy (non-hydrogen) atoms. The van der Waals surface area contributed by atoms with Crippen LogP contribution in [-0.2, 0) is 25.6 Å². The van der Waals surface area contributed by atoms with Gasteiger partial charge in [-0.2, -0.15) is 0 Å². The number of hydrogen-bond donors (Lipinski definition) is 0. The van der Waals surface area contributed by atoms with Gasteiger partial charge in [-0.15, -0.1) is 0 Å². The third-order valence-corrected chi connectivity index (χ3v) is 5.21. The molecular weight excluding hydrogens is 531 g/mol. The molecule has 0 aromatic heterocycles. The third-order valence-electron chi connectivity index (χ3n) is 5.21. The molecule has 0 fully saturated rings. The molecule has 0 aliphatic heterocycles. The second kappa shape index (κ2) is 15.9. The van der Waals surface area contributed by atoms with Crippen molar-refractivity contribution in [1.82, 2.24) is 0 Å². The van der Waals surface area contributed by atoms with Gasteiger partial charge < -0.3 is 23.7 Å². The molecule has 0 aliphatic carbocycles. The molecule has 0 atom stereocenters. The first-order valence-electron chi connectivity index (χ1n) is 12.2. The van der Waals surface area contributed by atoms with Gasteiger partial charge in [-0.1, -0.05) is 37.9 Å². The van der Waals surface area contributed by atoms with Crippen LogP contribution in [0, 0.1) is 5.82 Å². The quantitative estimate of drug-likeness (QED) is 0.122. The average molecular weight is 561 g/mol. The number of carbonyl (C=O) groups is 4. The highest BCUT2D eigenvalue weighted by Gasteiger charge is 2.13. The Morgan fingerprint density at radius 2 is 1.44 bits per heavy atom. The summed E-state index contributed by atoms with van der Waals surface area (Å²) in [6.07, 6.45) is 3.64. The van der Waals surface area contributed by atoms with E-state index in [2.05, 4.69) is 19.7 Å². The number of ether oxygens (including phenoxy) is 4. The van der Waals surface area contributed by atoms with Gasteiger partial charge >= 0.3 is 17.9 Å². The molecule has 0 unspecified atom stereocenters. The Balaban J connectivity index is 0.000000287. The maximum atomic E-state index is 14.1. The summed E-state index contributed by atoms with van der Waals surface area (Å²) in [6, 6.07) is 16.0. The van der Waals surface area contributed by atoms with Crippen molar-refractivity contribution in [2.45, 2.75) is 19.8 Å². The van der Waals surface area contributed by atoms with Crippen LogP contribution in [0.25, 0.3) is 11.1 Å². The van der Waals surface area contributed by atoms with Crippen molar-refractivity contribution in [3.8, 4) is 34.1 Å². The van der Waals surface area contributed by atoms with Gasteiger partial charge in [0.05, 0.1) is 7.11 Å². The normalized spacial score (nSPS) is 9.73. The van der Waals surface area contributed by atoms with E-state index < -0.39 is 23.7 Å². The highest BCUT2D eigenvalue weighted by Crippen LogP contribution is 2.30. The van der Waals surface area contributed by atoms with Crippen LogP contribution in [0.5, 0.6) is 23.0 Å². The van der Waals surface area contributed by atoms with Gasteiger partial charge in [0, 0.05) is 35.8 Å². The first-order chi connectivity index (χ1) is 19.6. The largest absolute Gasteiger partial charge is 0.497 e. The Labute approximate surface area is 237 Å². The number of aryl methyl sites for hydroxylation is 1. The Bertz CT molecular complexity index is 1440. The van der Waals surface area contributed by atoms with Gasteiger partial charge in [0.2, 0.25) is 0 Å². The van der Waals surface area contributed by atoms with Crippen LogP contribution in [0.3, 0.4) is 0 Å². The molecular formula is C32H29FO8. The summed E-state index contributed by atoms with van der Waals surface area (Å²) in [5.74, 6) is -1.34. The molecule has 0 saturated carbocycles. The van der Waals surface area contributed by atoms with Crippen molar-refractivity contribution in [3.63, 3.8) is 0 Å². The van der Waals surface area contributed by atoms with Crippen molar-refractivity contribution >= 4 is 24.2 Å². The maximum Gasteiger partial charge on any atom is 0.338 e. The summed E-state index contributed by atoms with van der Waals surface area (Å²) in [5.41, 5.74) is 2.18. The molecule has 0 heterocycles. The monoisotopic (exact) mass is 560 g/mol. The molecule has 0 bridgehead atoms. The topological polar surface area (TPSA) is 105 Å². The number of esters is 3. The molecule has 3 rings (SSSR count). The van der Waals surface area contributed by atoms with Crippen LogP contribution in [0.2, 0.25) is 0 Å². The lowest BCUT2D eigenvalue weighted by Gasteiger charge is -2.10. The molecule has 3 aromatic rings. The summed E-state index contributed by atoms with van der Waals surface area (Å²) in [4.78, 5) is 44.2. The molecule has 0 N–H and O–H groups in total. The summed E-state index contributed by atoms with van der Waals surface area (Å²) in [7, 11) is 1.57. The zero-order valence-corrected chi connectivity index (χ0v) is 22.7. The minimum absolute atomic E-state index is 0.0912. The minimum atomic E-state index is -0.673. The molecule has 0 spiro atoms. The Morgan fingerprint density at radius 3 is 1.98 bits per heavy atom. The summed E-state index contributed by atoms with van der Waals surface area (Å²) < 4.78 is 34.1. The number of benzene rings is 3. The van der Waals surface area contributed by atoms with Gasteiger partial charge in [0.1, 0.15) is 23.6 Å². The number of carbonyl (C=O) groups excluding carboxylic acids is 4. The van der Waals surface area contributed by atoms with Gasteiger partial charge in [-0.05, 0) is 60.9 Å². The van der Waals surface area contributed by atoms with E-state index in [0.29, 0.717) is 29.7 Å². The van der Waals surface area contributed by atoms with E-state index in [0.717, 1.165) is 24.0 Å². The molecule has 0 aliphatic rings. The molecule has 0 saturated heterocycles. The molecule has 8 nitrogen and oxygen atoms in total. The number of rotatable bonds is 11. The van der Waals surface area contributed by atoms with Gasteiger partial charge in [0.25, 0.3) is 0 Å². The molecule has 0 radical (unpaired) electrons. The van der Waals surface area contributed by atoms with Crippen molar-refractivity contribution in [1.29, 1.82) is 0 Å². The first-order valence-corrected chi connectivity index (χ1v) is 12.2. The summed E-state index contributed by atoms with van der Waals surface area (Å²) in [5, 5.41) is 0. The summed E-state index contributed by atoms with van der Waals surface area (Å²) in [6.45, 7) is 11.6. The van der Waals surface area contributed by atoms with Crippen LogP contribution in [0.15, 0.2) is 98.1 Å². The van der Waals surface area contributed by atoms with Crippen LogP contribution in [-0.4, -0.2) is 31.3 Å². The third kappa shape index (κ3) is 10.1. The van der Waals surface area contributed by atoms with E-state index in [1.165, 1.54) is 25.1 Å². The Hall–Kier alpha value is -5.31. The van der Waals surface area contributed by atoms with Crippen molar-refractivity contribution in [2.75, 3.05) is 7.11 Å². The fourth-order valence-corrected chi connectivity index (χ4v) is 3.16. The molecule has 0 amide bonds. The van der Waals surface area contributed by atoms with Crippen LogP contribution in [0.1, 0.15) is 18.9 Å². The minimum Gasteiger partial charge on any atom is -0.497 e. The fraction of sp³-hybridized carbons (Fsp3) is 0.125. The van der Waals surface area contributed by atoms with Crippen molar-refractivity contribution in [2.24, 2.45) is 0 Å². The first kappa shape index (κ1) is 31.9. The summed E-state index contributed by atoms with van der Waals surface area (Å²) >= 11 is 0. The lowest BCUT2D eigenvalue weighted by atomic mass is 10.0. The van der Waals surface area contributed by atoms with Crippen molar-refractivity contribution in [3.05, 3.63) is 110 Å². The van der Waals surface area contributed by atoms with E-state index in [1.54, 1.807) is 49.6 Å². The van der Waals surface area contributed by atoms with Crippen LogP contribution >= 0.6 is 0 Å². The van der Waals surface area contributed by atoms with Crippen LogP contribution < -0.4 is 18.9 Å². The molecule has 9 heteroatoms. The number of methoxy groups -OCH3 is 1. The maximum absolute atomic E-state index is 14.1. The standard InChI is InChI=1S/C17H15FO3.C15H14O5/c1-11(2)17(19)21-14-8-9-15(16(18)10-14)12-4-6-13(20-3)7-5-12;1-3-14(17)19-12-8-7-11(6-5-9-16)10-13(12)20-15(18)4-2/h4-10H,1H2,2-3H3;3-4,7-10H,1-2,5-6H2. The van der Waals surface area contributed by atoms with Gasteiger partial charge in [-0.3, -0.25) is 0 Å². The van der Waals surface area contributed by atoms with Crippen LogP contribution in [0.4, 0.5) is 4.39 Å². The number of aldehydes is 1. The van der Waals surface area contributed by atoms with Crippen molar-refractivity contribution < 1.29 is 42.5 Å². The number of halogens is 1.